The minimum atomic E-state index is -4.00. The highest BCUT2D eigenvalue weighted by Crippen LogP contribution is 2.29. The van der Waals surface area contributed by atoms with Crippen molar-refractivity contribution in [3.63, 3.8) is 0 Å². The van der Waals surface area contributed by atoms with Crippen molar-refractivity contribution in [2.75, 3.05) is 11.1 Å². The van der Waals surface area contributed by atoms with Crippen molar-refractivity contribution in [3.8, 4) is 0 Å². The van der Waals surface area contributed by atoms with E-state index in [4.69, 9.17) is 27.8 Å². The molecule has 7 nitrogen and oxygen atoms in total. The number of rotatable bonds is 6. The summed E-state index contributed by atoms with van der Waals surface area (Å²) in [6.45, 7) is 1.97. The van der Waals surface area contributed by atoms with Crippen LogP contribution in [0.25, 0.3) is 0 Å². The summed E-state index contributed by atoms with van der Waals surface area (Å²) < 4.78 is 30.7. The molecular weight excluding hydrogens is 363 g/mol. The van der Waals surface area contributed by atoms with Gasteiger partial charge in [-0.05, 0) is 49.4 Å². The predicted molar refractivity (Wildman–Crippen MR) is 89.4 cm³/mol. The van der Waals surface area contributed by atoms with E-state index in [9.17, 15) is 8.42 Å². The second-order valence-corrected chi connectivity index (χ2v) is 7.60. The number of anilines is 1. The lowest BCUT2D eigenvalue weighted by molar-refractivity contribution is 0.469. The van der Waals surface area contributed by atoms with Gasteiger partial charge in [-0.1, -0.05) is 23.8 Å². The van der Waals surface area contributed by atoms with Crippen LogP contribution in [0.2, 0.25) is 10.6 Å². The maximum Gasteiger partial charge on any atom is 0.264 e. The number of allylic oxidation sites excluding steroid dienone is 2. The van der Waals surface area contributed by atoms with Gasteiger partial charge in [0, 0.05) is 0 Å². The van der Waals surface area contributed by atoms with Gasteiger partial charge in [-0.25, -0.2) is 0 Å². The van der Waals surface area contributed by atoms with Gasteiger partial charge in [-0.15, -0.1) is 0 Å². The van der Waals surface area contributed by atoms with Crippen LogP contribution >= 0.6 is 23.2 Å². The molecule has 2 N–H and O–H groups in total. The number of halogens is 2. The highest BCUT2D eigenvalue weighted by atomic mass is 35.5. The molecule has 1 aromatic rings. The first-order valence-corrected chi connectivity index (χ1v) is 9.20. The average molecular weight is 379 g/mol. The molecule has 1 heterocycles. The van der Waals surface area contributed by atoms with E-state index < -0.39 is 15.7 Å². The molecule has 1 aliphatic rings. The zero-order valence-corrected chi connectivity index (χ0v) is 14.7. The van der Waals surface area contributed by atoms with Gasteiger partial charge in [0.05, 0.1) is 11.3 Å². The van der Waals surface area contributed by atoms with Gasteiger partial charge in [0.25, 0.3) is 10.1 Å². The quantitative estimate of drug-likeness (QED) is 0.732. The standard InChI is InChI=1S/C13H16Cl2N4O3S/c1-9-3-6-13(7-4-9,5-2-8-23(20,21)22)19-12-17-10(14)16-11(15)18-12/h3-4,6H,2,5,7-8H2,1H3,(H,20,21,22)(H,16,17,18,19). The summed E-state index contributed by atoms with van der Waals surface area (Å²) in [5.74, 6) is -0.106. The molecule has 1 aromatic heterocycles. The Hall–Kier alpha value is -1.22. The van der Waals surface area contributed by atoms with E-state index in [0.717, 1.165) is 5.57 Å². The van der Waals surface area contributed by atoms with Crippen LogP contribution in [0.5, 0.6) is 0 Å². The fourth-order valence-corrected chi connectivity index (χ4v) is 3.16. The highest BCUT2D eigenvalue weighted by Gasteiger charge is 2.29. The number of hydrogen-bond donors (Lipinski definition) is 2. The molecule has 0 aliphatic heterocycles. The van der Waals surface area contributed by atoms with Gasteiger partial charge >= 0.3 is 0 Å². The zero-order valence-electron chi connectivity index (χ0n) is 12.3. The Balaban J connectivity index is 2.19. The molecular formula is C13H16Cl2N4O3S. The van der Waals surface area contributed by atoms with Crippen molar-refractivity contribution in [2.45, 2.75) is 31.7 Å². The van der Waals surface area contributed by atoms with Crippen LogP contribution in [0.1, 0.15) is 26.2 Å². The molecule has 126 valence electrons. The van der Waals surface area contributed by atoms with Gasteiger partial charge in [0.1, 0.15) is 0 Å². The number of nitrogens with zero attached hydrogens (tertiary/aromatic N) is 3. The maximum absolute atomic E-state index is 10.9. The number of aromatic nitrogens is 3. The Labute approximate surface area is 144 Å². The van der Waals surface area contributed by atoms with E-state index in [1.807, 2.05) is 25.2 Å². The van der Waals surface area contributed by atoms with Crippen LogP contribution in [0.15, 0.2) is 23.8 Å². The lowest BCUT2D eigenvalue weighted by atomic mass is 9.85. The van der Waals surface area contributed by atoms with Crippen molar-refractivity contribution in [3.05, 3.63) is 34.4 Å². The molecule has 0 aromatic carbocycles. The summed E-state index contributed by atoms with van der Waals surface area (Å²) >= 11 is 11.5. The van der Waals surface area contributed by atoms with Crippen molar-refractivity contribution < 1.29 is 13.0 Å². The van der Waals surface area contributed by atoms with E-state index in [1.54, 1.807) is 0 Å². The Morgan fingerprint density at radius 3 is 2.48 bits per heavy atom. The maximum atomic E-state index is 10.9. The smallest absolute Gasteiger partial charge is 0.264 e. The number of nitrogens with one attached hydrogen (secondary N) is 1. The minimum absolute atomic E-state index is 0.0351. The topological polar surface area (TPSA) is 105 Å². The first kappa shape index (κ1) is 18.1. The van der Waals surface area contributed by atoms with E-state index in [0.29, 0.717) is 12.8 Å². The van der Waals surface area contributed by atoms with Crippen molar-refractivity contribution in [1.82, 2.24) is 15.0 Å². The first-order valence-electron chi connectivity index (χ1n) is 6.84. The molecule has 0 amide bonds. The monoisotopic (exact) mass is 378 g/mol. The highest BCUT2D eigenvalue weighted by molar-refractivity contribution is 7.85. The molecule has 1 aliphatic carbocycles. The van der Waals surface area contributed by atoms with Gasteiger partial charge in [-0.2, -0.15) is 23.4 Å². The van der Waals surface area contributed by atoms with Crippen LogP contribution in [-0.4, -0.2) is 39.2 Å². The summed E-state index contributed by atoms with van der Waals surface area (Å²) in [7, 11) is -4.00. The largest absolute Gasteiger partial charge is 0.345 e. The fraction of sp³-hybridized carbons (Fsp3) is 0.462. The average Bonchev–Trinajstić information content (AvgIpc) is 2.39. The van der Waals surface area contributed by atoms with Crippen LogP contribution in [-0.2, 0) is 10.1 Å². The molecule has 2 rings (SSSR count). The molecule has 0 saturated carbocycles. The second kappa shape index (κ2) is 7.12. The summed E-state index contributed by atoms with van der Waals surface area (Å²) in [5, 5.41) is 3.07. The molecule has 1 unspecified atom stereocenters. The van der Waals surface area contributed by atoms with Crippen molar-refractivity contribution in [2.24, 2.45) is 0 Å². The summed E-state index contributed by atoms with van der Waals surface area (Å²) in [4.78, 5) is 11.6. The molecule has 0 radical (unpaired) electrons. The lowest BCUT2D eigenvalue weighted by Crippen LogP contribution is -2.38. The van der Waals surface area contributed by atoms with Crippen LogP contribution in [0.4, 0.5) is 5.95 Å². The summed E-state index contributed by atoms with van der Waals surface area (Å²) in [6.07, 6.45) is 7.21. The van der Waals surface area contributed by atoms with E-state index in [2.05, 4.69) is 20.3 Å². The summed E-state index contributed by atoms with van der Waals surface area (Å²) in [5.41, 5.74) is 0.516. The zero-order chi connectivity index (χ0) is 17.1. The van der Waals surface area contributed by atoms with E-state index >= 15 is 0 Å². The molecule has 0 saturated heterocycles. The molecule has 23 heavy (non-hydrogen) atoms. The molecule has 10 heteroatoms. The molecule has 0 spiro atoms. The third-order valence-corrected chi connectivity index (χ3v) is 4.56. The SMILES string of the molecule is CC1=CCC(CCCS(=O)(=O)O)(Nc2nc(Cl)nc(Cl)n2)C=C1. The fourth-order valence-electron chi connectivity index (χ4n) is 2.29. The number of hydrogen-bond acceptors (Lipinski definition) is 6. The van der Waals surface area contributed by atoms with E-state index in [-0.39, 0.29) is 28.7 Å². The Kier molecular flexibility index (Phi) is 5.61. The van der Waals surface area contributed by atoms with Gasteiger partial charge in [-0.3, -0.25) is 4.55 Å². The Morgan fingerprint density at radius 2 is 1.96 bits per heavy atom. The minimum Gasteiger partial charge on any atom is -0.345 e. The lowest BCUT2D eigenvalue weighted by Gasteiger charge is -2.33. The Morgan fingerprint density at radius 1 is 1.30 bits per heavy atom. The van der Waals surface area contributed by atoms with E-state index in [1.165, 1.54) is 0 Å². The van der Waals surface area contributed by atoms with Crippen molar-refractivity contribution in [1.29, 1.82) is 0 Å². The van der Waals surface area contributed by atoms with Gasteiger partial charge in [0.15, 0.2) is 0 Å². The molecule has 0 fully saturated rings. The van der Waals surface area contributed by atoms with Crippen LogP contribution < -0.4 is 5.32 Å². The summed E-state index contributed by atoms with van der Waals surface area (Å²) in [6, 6.07) is 0. The third kappa shape index (κ3) is 5.72. The molecule has 0 bridgehead atoms. The first-order chi connectivity index (χ1) is 10.7. The van der Waals surface area contributed by atoms with Crippen LogP contribution in [0, 0.1) is 0 Å². The predicted octanol–water partition coefficient (Wildman–Crippen LogP) is 2.90. The second-order valence-electron chi connectivity index (χ2n) is 5.35. The van der Waals surface area contributed by atoms with Gasteiger partial charge < -0.3 is 5.32 Å². The Bertz CT molecular complexity index is 731. The van der Waals surface area contributed by atoms with Crippen molar-refractivity contribution >= 4 is 39.3 Å². The van der Waals surface area contributed by atoms with Crippen LogP contribution in [0.3, 0.4) is 0 Å². The normalized spacial score (nSPS) is 21.1. The van der Waals surface area contributed by atoms with Gasteiger partial charge in [0.2, 0.25) is 16.5 Å². The molecule has 1 atom stereocenters. The third-order valence-electron chi connectivity index (χ3n) is 3.42.